The number of rotatable bonds is 1. The third-order valence-electron chi connectivity index (χ3n) is 3.11. The minimum absolute atomic E-state index is 0.0512. The van der Waals surface area contributed by atoms with E-state index in [1.165, 1.54) is 0 Å². The summed E-state index contributed by atoms with van der Waals surface area (Å²) in [5.74, 6) is 0. The third-order valence-corrected chi connectivity index (χ3v) is 3.11. The third kappa shape index (κ3) is 1.30. The Kier molecular flexibility index (Phi) is 2.23. The van der Waals surface area contributed by atoms with E-state index in [1.807, 2.05) is 0 Å². The van der Waals surface area contributed by atoms with Crippen LogP contribution in [0, 0.1) is 0 Å². The minimum atomic E-state index is 0.0512. The second-order valence-corrected chi connectivity index (χ2v) is 4.23. The molecule has 4 heteroatoms. The molecule has 0 saturated carbocycles. The van der Waals surface area contributed by atoms with E-state index in [9.17, 15) is 4.79 Å². The summed E-state index contributed by atoms with van der Waals surface area (Å²) in [6.07, 6.45) is 0.858. The number of fused-ring (bicyclic) bond motifs is 1. The topological polar surface area (TPSA) is 51.9 Å². The maximum atomic E-state index is 11.4. The lowest BCUT2D eigenvalue weighted by Crippen LogP contribution is -2.39. The van der Waals surface area contributed by atoms with Crippen molar-refractivity contribution in [3.05, 3.63) is 21.6 Å². The molecule has 2 N–H and O–H groups in total. The van der Waals surface area contributed by atoms with Crippen molar-refractivity contribution < 1.29 is 0 Å². The first-order chi connectivity index (χ1) is 6.61. The van der Waals surface area contributed by atoms with Gasteiger partial charge >= 0.3 is 0 Å². The molecule has 1 aromatic heterocycles. The Bertz CT molecular complexity index is 377. The molecular formula is C10H17N3O. The van der Waals surface area contributed by atoms with Crippen molar-refractivity contribution in [1.29, 1.82) is 0 Å². The van der Waals surface area contributed by atoms with Crippen LogP contribution < -0.4 is 5.56 Å². The number of aromatic nitrogens is 2. The standard InChI is InChI=1S/C10H17N3O/c1-6(2)13-5-4-8-9(7(13)3)11-12-10(8)14/h6-7H,4-5H2,1-3H3,(H2,11,12,14). The lowest BCUT2D eigenvalue weighted by atomic mass is 10.00. The zero-order valence-corrected chi connectivity index (χ0v) is 8.92. The summed E-state index contributed by atoms with van der Waals surface area (Å²) < 4.78 is 0. The fraction of sp³-hybridized carbons (Fsp3) is 0.700. The Morgan fingerprint density at radius 3 is 2.79 bits per heavy atom. The van der Waals surface area contributed by atoms with E-state index >= 15 is 0 Å². The average molecular weight is 195 g/mol. The second-order valence-electron chi connectivity index (χ2n) is 4.23. The lowest BCUT2D eigenvalue weighted by molar-refractivity contribution is 0.151. The van der Waals surface area contributed by atoms with Crippen molar-refractivity contribution in [3.63, 3.8) is 0 Å². The molecule has 1 unspecified atom stereocenters. The van der Waals surface area contributed by atoms with Crippen LogP contribution >= 0.6 is 0 Å². The van der Waals surface area contributed by atoms with Crippen LogP contribution in [0.2, 0.25) is 0 Å². The Balaban J connectivity index is 2.37. The minimum Gasteiger partial charge on any atom is -0.300 e. The quantitative estimate of drug-likeness (QED) is 0.703. The van der Waals surface area contributed by atoms with Crippen molar-refractivity contribution in [2.45, 2.75) is 39.3 Å². The molecular weight excluding hydrogens is 178 g/mol. The molecule has 14 heavy (non-hydrogen) atoms. The van der Waals surface area contributed by atoms with Gasteiger partial charge in [0.1, 0.15) is 0 Å². The molecule has 78 valence electrons. The van der Waals surface area contributed by atoms with Gasteiger partial charge in [-0.05, 0) is 27.2 Å². The molecule has 0 aromatic carbocycles. The first kappa shape index (κ1) is 9.52. The first-order valence-corrected chi connectivity index (χ1v) is 5.16. The number of nitrogens with one attached hydrogen (secondary N) is 2. The number of nitrogens with zero attached hydrogens (tertiary/aromatic N) is 1. The number of hydrogen-bond acceptors (Lipinski definition) is 2. The van der Waals surface area contributed by atoms with Gasteiger partial charge in [0, 0.05) is 24.2 Å². The summed E-state index contributed by atoms with van der Waals surface area (Å²) in [4.78, 5) is 13.8. The SMILES string of the molecule is CC(C)N1CCc2c([nH][nH]c2=O)C1C. The maximum Gasteiger partial charge on any atom is 0.267 e. The predicted octanol–water partition coefficient (Wildman–Crippen LogP) is 1.03. The zero-order valence-electron chi connectivity index (χ0n) is 8.92. The van der Waals surface area contributed by atoms with Crippen molar-refractivity contribution in [2.75, 3.05) is 6.54 Å². The summed E-state index contributed by atoms with van der Waals surface area (Å²) in [7, 11) is 0. The van der Waals surface area contributed by atoms with E-state index in [-0.39, 0.29) is 5.56 Å². The first-order valence-electron chi connectivity index (χ1n) is 5.16. The summed E-state index contributed by atoms with van der Waals surface area (Å²) in [6, 6.07) is 0.842. The van der Waals surface area contributed by atoms with Crippen LogP contribution in [0.1, 0.15) is 38.1 Å². The van der Waals surface area contributed by atoms with E-state index in [2.05, 4.69) is 35.9 Å². The molecule has 2 heterocycles. The lowest BCUT2D eigenvalue weighted by Gasteiger charge is -2.35. The molecule has 0 radical (unpaired) electrons. The Hall–Kier alpha value is -1.03. The smallest absolute Gasteiger partial charge is 0.267 e. The summed E-state index contributed by atoms with van der Waals surface area (Å²) in [6.45, 7) is 7.49. The highest BCUT2D eigenvalue weighted by Crippen LogP contribution is 2.26. The molecule has 0 bridgehead atoms. The van der Waals surface area contributed by atoms with Crippen molar-refractivity contribution in [2.24, 2.45) is 0 Å². The Morgan fingerprint density at radius 1 is 1.43 bits per heavy atom. The number of aromatic amines is 2. The summed E-state index contributed by atoms with van der Waals surface area (Å²) in [5, 5.41) is 5.64. The molecule has 2 rings (SSSR count). The normalized spacial score (nSPS) is 22.7. The highest BCUT2D eigenvalue weighted by molar-refractivity contribution is 5.23. The zero-order chi connectivity index (χ0) is 10.3. The van der Waals surface area contributed by atoms with Gasteiger partial charge in [0.05, 0.1) is 5.69 Å². The van der Waals surface area contributed by atoms with Crippen LogP contribution in [0.15, 0.2) is 4.79 Å². The Morgan fingerprint density at radius 2 is 2.14 bits per heavy atom. The van der Waals surface area contributed by atoms with Crippen LogP contribution in [0.5, 0.6) is 0 Å². The van der Waals surface area contributed by atoms with Gasteiger partial charge in [-0.3, -0.25) is 14.8 Å². The van der Waals surface area contributed by atoms with Crippen LogP contribution in [-0.2, 0) is 6.42 Å². The van der Waals surface area contributed by atoms with Gasteiger partial charge in [-0.2, -0.15) is 0 Å². The highest BCUT2D eigenvalue weighted by Gasteiger charge is 2.28. The fourth-order valence-electron chi connectivity index (χ4n) is 2.31. The Labute approximate surface area is 83.3 Å². The molecule has 0 saturated heterocycles. The molecule has 1 aliphatic heterocycles. The molecule has 0 spiro atoms. The van der Waals surface area contributed by atoms with Gasteiger partial charge in [-0.1, -0.05) is 0 Å². The van der Waals surface area contributed by atoms with Crippen molar-refractivity contribution in [1.82, 2.24) is 15.1 Å². The van der Waals surface area contributed by atoms with Gasteiger partial charge in [0.25, 0.3) is 5.56 Å². The maximum absolute atomic E-state index is 11.4. The van der Waals surface area contributed by atoms with E-state index in [0.717, 1.165) is 24.2 Å². The van der Waals surface area contributed by atoms with Gasteiger partial charge in [-0.15, -0.1) is 0 Å². The van der Waals surface area contributed by atoms with Gasteiger partial charge in [0.2, 0.25) is 0 Å². The molecule has 4 nitrogen and oxygen atoms in total. The second kappa shape index (κ2) is 3.28. The molecule has 1 atom stereocenters. The van der Waals surface area contributed by atoms with E-state index < -0.39 is 0 Å². The van der Waals surface area contributed by atoms with Crippen LogP contribution in [0.25, 0.3) is 0 Å². The predicted molar refractivity (Wildman–Crippen MR) is 55.4 cm³/mol. The fourth-order valence-corrected chi connectivity index (χ4v) is 2.31. The molecule has 1 aromatic rings. The van der Waals surface area contributed by atoms with Crippen LogP contribution in [-0.4, -0.2) is 27.7 Å². The largest absolute Gasteiger partial charge is 0.300 e. The molecule has 0 aliphatic carbocycles. The number of H-pyrrole nitrogens is 2. The van der Waals surface area contributed by atoms with E-state index in [1.54, 1.807) is 0 Å². The number of hydrogen-bond donors (Lipinski definition) is 2. The van der Waals surface area contributed by atoms with E-state index in [4.69, 9.17) is 0 Å². The van der Waals surface area contributed by atoms with Crippen molar-refractivity contribution in [3.8, 4) is 0 Å². The van der Waals surface area contributed by atoms with Gasteiger partial charge < -0.3 is 5.10 Å². The van der Waals surface area contributed by atoms with Crippen LogP contribution in [0.3, 0.4) is 0 Å². The highest BCUT2D eigenvalue weighted by atomic mass is 16.1. The van der Waals surface area contributed by atoms with E-state index in [0.29, 0.717) is 12.1 Å². The molecule has 0 amide bonds. The molecule has 0 fully saturated rings. The van der Waals surface area contributed by atoms with Gasteiger partial charge in [-0.25, -0.2) is 0 Å². The average Bonchev–Trinajstić information content (AvgIpc) is 2.49. The van der Waals surface area contributed by atoms with Crippen LogP contribution in [0.4, 0.5) is 0 Å². The van der Waals surface area contributed by atoms with Gasteiger partial charge in [0.15, 0.2) is 0 Å². The monoisotopic (exact) mass is 195 g/mol. The summed E-state index contributed by atoms with van der Waals surface area (Å²) >= 11 is 0. The molecule has 1 aliphatic rings. The van der Waals surface area contributed by atoms with Crippen molar-refractivity contribution >= 4 is 0 Å². The summed E-state index contributed by atoms with van der Waals surface area (Å²) in [5.41, 5.74) is 2.06.